The average molecular weight is 542 g/mol. The highest BCUT2D eigenvalue weighted by Gasteiger charge is 2.64. The van der Waals surface area contributed by atoms with Crippen LogP contribution in [0, 0.1) is 0 Å². The molecule has 0 unspecified atom stereocenters. The lowest BCUT2D eigenvalue weighted by Crippen LogP contribution is -2.61. The van der Waals surface area contributed by atoms with Crippen molar-refractivity contribution in [2.75, 3.05) is 4.90 Å². The van der Waals surface area contributed by atoms with Gasteiger partial charge in [0.1, 0.15) is 17.2 Å². The Bertz CT molecular complexity index is 1710. The van der Waals surface area contributed by atoms with E-state index in [2.05, 4.69) is 29.2 Å². The van der Waals surface area contributed by atoms with Gasteiger partial charge in [-0.05, 0) is 31.5 Å². The van der Waals surface area contributed by atoms with Crippen LogP contribution in [0.1, 0.15) is 35.3 Å². The standard InChI is InChI=1S/C35H27NO3S/c1-22(37)29-23(2)39-35(26-18-10-5-11-19-26)31(29)30(24-14-6-3-7-15-24)34-36(27-20-12-13-21-28(27)40-34)33(35)32(38)25-16-8-4-9-17-25/h3-21,33-34H,1-2H3/t33-,34-,35-/m1/s1. The van der Waals surface area contributed by atoms with E-state index >= 15 is 0 Å². The SMILES string of the molecule is CC(=O)C1=C(C)O[C@]2(c3ccccc3)C1=C(c1ccccc1)[C@H]1Sc3ccccc3N1[C@@H]2C(=O)c1ccccc1. The number of carbonyl (C=O) groups excluding carboxylic acids is 2. The number of carbonyl (C=O) groups is 2. The second-order valence-corrected chi connectivity index (χ2v) is 11.4. The van der Waals surface area contributed by atoms with Crippen molar-refractivity contribution < 1.29 is 14.3 Å². The fourth-order valence-electron chi connectivity index (χ4n) is 6.54. The summed E-state index contributed by atoms with van der Waals surface area (Å²) in [6, 6.07) is 37.0. The second kappa shape index (κ2) is 9.39. The molecule has 0 fully saturated rings. The minimum absolute atomic E-state index is 0.0473. The molecule has 3 aliphatic heterocycles. The molecule has 196 valence electrons. The highest BCUT2D eigenvalue weighted by Crippen LogP contribution is 2.63. The van der Waals surface area contributed by atoms with E-state index in [1.807, 2.05) is 97.9 Å². The zero-order valence-corrected chi connectivity index (χ0v) is 23.0. The van der Waals surface area contributed by atoms with Crippen molar-refractivity contribution in [2.24, 2.45) is 0 Å². The first-order valence-corrected chi connectivity index (χ1v) is 14.3. The summed E-state index contributed by atoms with van der Waals surface area (Å²) in [7, 11) is 0. The Morgan fingerprint density at radius 2 is 1.40 bits per heavy atom. The molecule has 3 atom stereocenters. The Hall–Kier alpha value is -4.35. The van der Waals surface area contributed by atoms with Crippen LogP contribution >= 0.6 is 11.8 Å². The van der Waals surface area contributed by atoms with Crippen molar-refractivity contribution in [3.8, 4) is 0 Å². The van der Waals surface area contributed by atoms with Crippen LogP contribution in [-0.4, -0.2) is 23.0 Å². The maximum absolute atomic E-state index is 14.8. The fraction of sp³-hybridized carbons (Fsp3) is 0.143. The number of rotatable bonds is 5. The van der Waals surface area contributed by atoms with Crippen molar-refractivity contribution in [1.82, 2.24) is 0 Å². The van der Waals surface area contributed by atoms with E-state index < -0.39 is 11.6 Å². The van der Waals surface area contributed by atoms with Crippen LogP contribution in [0.15, 0.2) is 137 Å². The van der Waals surface area contributed by atoms with Gasteiger partial charge in [-0.25, -0.2) is 0 Å². The molecule has 3 aliphatic rings. The molecular formula is C35H27NO3S. The van der Waals surface area contributed by atoms with E-state index in [0.717, 1.165) is 32.9 Å². The van der Waals surface area contributed by atoms with E-state index in [1.165, 1.54) is 0 Å². The number of para-hydroxylation sites is 1. The van der Waals surface area contributed by atoms with Crippen LogP contribution in [0.25, 0.3) is 5.57 Å². The van der Waals surface area contributed by atoms with Crippen molar-refractivity contribution in [3.05, 3.63) is 149 Å². The van der Waals surface area contributed by atoms with Gasteiger partial charge in [0.15, 0.2) is 17.2 Å². The van der Waals surface area contributed by atoms with E-state index in [9.17, 15) is 9.59 Å². The Morgan fingerprint density at radius 1 is 0.800 bits per heavy atom. The van der Waals surface area contributed by atoms with Gasteiger partial charge in [-0.2, -0.15) is 0 Å². The van der Waals surface area contributed by atoms with Crippen LogP contribution in [-0.2, 0) is 15.1 Å². The number of hydrogen-bond acceptors (Lipinski definition) is 5. The molecule has 0 amide bonds. The molecule has 0 aromatic heterocycles. The number of ether oxygens (including phenoxy) is 1. The molecule has 0 spiro atoms. The van der Waals surface area contributed by atoms with Gasteiger partial charge in [0, 0.05) is 27.2 Å². The number of nitrogens with zero attached hydrogens (tertiary/aromatic N) is 1. The summed E-state index contributed by atoms with van der Waals surface area (Å²) >= 11 is 1.72. The average Bonchev–Trinajstić information content (AvgIpc) is 3.52. The maximum atomic E-state index is 14.8. The van der Waals surface area contributed by atoms with E-state index in [1.54, 1.807) is 18.7 Å². The van der Waals surface area contributed by atoms with Gasteiger partial charge < -0.3 is 9.64 Å². The molecule has 4 nitrogen and oxygen atoms in total. The molecule has 0 saturated heterocycles. The lowest BCUT2D eigenvalue weighted by Gasteiger charge is -2.50. The summed E-state index contributed by atoms with van der Waals surface area (Å²) in [5.74, 6) is 0.428. The number of benzene rings is 4. The highest BCUT2D eigenvalue weighted by molar-refractivity contribution is 8.01. The lowest BCUT2D eigenvalue weighted by atomic mass is 9.69. The lowest BCUT2D eigenvalue weighted by molar-refractivity contribution is -0.113. The molecule has 0 N–H and O–H groups in total. The summed E-state index contributed by atoms with van der Waals surface area (Å²) < 4.78 is 6.97. The third-order valence-electron chi connectivity index (χ3n) is 8.05. The first-order chi connectivity index (χ1) is 19.5. The Balaban J connectivity index is 1.64. The monoisotopic (exact) mass is 541 g/mol. The molecule has 7 rings (SSSR count). The van der Waals surface area contributed by atoms with Gasteiger partial charge in [0.05, 0.1) is 11.3 Å². The van der Waals surface area contributed by atoms with E-state index in [4.69, 9.17) is 4.74 Å². The number of thioether (sulfide) groups is 1. The number of Topliss-reactive ketones (excluding diaryl/α,β-unsaturated/α-hetero) is 2. The molecule has 0 radical (unpaired) electrons. The predicted molar refractivity (Wildman–Crippen MR) is 159 cm³/mol. The Labute approximate surface area is 238 Å². The smallest absolute Gasteiger partial charge is 0.190 e. The minimum Gasteiger partial charge on any atom is -0.479 e. The number of allylic oxidation sites excluding steroid dienone is 1. The molecule has 0 saturated carbocycles. The molecule has 0 aliphatic carbocycles. The number of hydrogen-bond donors (Lipinski definition) is 0. The number of anilines is 1. The summed E-state index contributed by atoms with van der Waals surface area (Å²) in [5, 5.41) is -0.229. The molecule has 0 bridgehead atoms. The van der Waals surface area contributed by atoms with Crippen LogP contribution < -0.4 is 4.90 Å². The van der Waals surface area contributed by atoms with Crippen LogP contribution in [0.4, 0.5) is 5.69 Å². The molecule has 5 heteroatoms. The normalized spacial score (nSPS) is 22.9. The Kier molecular flexibility index (Phi) is 5.79. The predicted octanol–water partition coefficient (Wildman–Crippen LogP) is 7.43. The minimum atomic E-state index is -1.24. The second-order valence-electron chi connectivity index (χ2n) is 10.3. The summed E-state index contributed by atoms with van der Waals surface area (Å²) in [6.45, 7) is 3.45. The van der Waals surface area contributed by atoms with Crippen molar-refractivity contribution in [2.45, 2.75) is 35.8 Å². The fourth-order valence-corrected chi connectivity index (χ4v) is 7.96. The third-order valence-corrected chi connectivity index (χ3v) is 9.33. The molecule has 3 heterocycles. The quantitative estimate of drug-likeness (QED) is 0.246. The van der Waals surface area contributed by atoms with Crippen molar-refractivity contribution >= 4 is 34.6 Å². The van der Waals surface area contributed by atoms with Crippen LogP contribution in [0.2, 0.25) is 0 Å². The highest BCUT2D eigenvalue weighted by atomic mass is 32.2. The Morgan fingerprint density at radius 3 is 2.08 bits per heavy atom. The third kappa shape index (κ3) is 3.47. The molecular weight excluding hydrogens is 514 g/mol. The van der Waals surface area contributed by atoms with E-state index in [-0.39, 0.29) is 16.9 Å². The van der Waals surface area contributed by atoms with Crippen LogP contribution in [0.5, 0.6) is 0 Å². The topological polar surface area (TPSA) is 46.6 Å². The van der Waals surface area contributed by atoms with Crippen LogP contribution in [0.3, 0.4) is 0 Å². The van der Waals surface area contributed by atoms with Gasteiger partial charge in [-0.15, -0.1) is 0 Å². The van der Waals surface area contributed by atoms with Crippen molar-refractivity contribution in [1.29, 1.82) is 0 Å². The molecule has 4 aromatic rings. The number of ketones is 2. The summed E-state index contributed by atoms with van der Waals surface area (Å²) in [5.41, 5.74) is 4.58. The zero-order chi connectivity index (χ0) is 27.4. The maximum Gasteiger partial charge on any atom is 0.190 e. The van der Waals surface area contributed by atoms with Gasteiger partial charge in [-0.3, -0.25) is 9.59 Å². The molecule has 40 heavy (non-hydrogen) atoms. The first-order valence-electron chi connectivity index (χ1n) is 13.4. The van der Waals surface area contributed by atoms with Crippen molar-refractivity contribution in [3.63, 3.8) is 0 Å². The van der Waals surface area contributed by atoms with E-state index in [0.29, 0.717) is 16.9 Å². The van der Waals surface area contributed by atoms with Gasteiger partial charge in [0.2, 0.25) is 0 Å². The van der Waals surface area contributed by atoms with Gasteiger partial charge in [-0.1, -0.05) is 115 Å². The largest absolute Gasteiger partial charge is 0.479 e. The summed E-state index contributed by atoms with van der Waals surface area (Å²) in [6.07, 6.45) is 0. The zero-order valence-electron chi connectivity index (χ0n) is 22.2. The molecule has 4 aromatic carbocycles. The first kappa shape index (κ1) is 24.7. The number of fused-ring (bicyclic) bond motifs is 4. The van der Waals surface area contributed by atoms with Gasteiger partial charge >= 0.3 is 0 Å². The summed E-state index contributed by atoms with van der Waals surface area (Å²) in [4.78, 5) is 31.6. The van der Waals surface area contributed by atoms with Gasteiger partial charge in [0.25, 0.3) is 0 Å².